The molecule has 0 atom stereocenters. The summed E-state index contributed by atoms with van der Waals surface area (Å²) in [5.74, 6) is 0. The van der Waals surface area contributed by atoms with Gasteiger partial charge in [0.25, 0.3) is 0 Å². The molecule has 0 spiro atoms. The highest BCUT2D eigenvalue weighted by Crippen LogP contribution is 2.24. The van der Waals surface area contributed by atoms with Crippen molar-refractivity contribution >= 4 is 21.4 Å². The molecule has 0 bridgehead atoms. The molecular formula is C16H20N2O2S2. The summed E-state index contributed by atoms with van der Waals surface area (Å²) in [6.07, 6.45) is 8.27. The van der Waals surface area contributed by atoms with Crippen LogP contribution in [-0.2, 0) is 16.6 Å². The molecule has 2 heterocycles. The molecule has 6 heteroatoms. The normalized spacial score (nSPS) is 16.7. The Labute approximate surface area is 135 Å². The Morgan fingerprint density at radius 2 is 2.00 bits per heavy atom. The Morgan fingerprint density at radius 3 is 2.73 bits per heavy atom. The Morgan fingerprint density at radius 1 is 1.18 bits per heavy atom. The summed E-state index contributed by atoms with van der Waals surface area (Å²) in [6, 6.07) is 4.04. The van der Waals surface area contributed by atoms with Crippen LogP contribution in [0.1, 0.15) is 37.7 Å². The van der Waals surface area contributed by atoms with Gasteiger partial charge in [0.15, 0.2) is 0 Å². The Balaban J connectivity index is 1.67. The molecule has 1 aliphatic carbocycles. The molecule has 4 nitrogen and oxygen atoms in total. The largest absolute Gasteiger partial charge is 0.264 e. The fourth-order valence-electron chi connectivity index (χ4n) is 2.85. The fourth-order valence-corrected chi connectivity index (χ4v) is 5.07. The lowest BCUT2D eigenvalue weighted by atomic mass is 10.0. The van der Waals surface area contributed by atoms with Crippen LogP contribution < -0.4 is 4.72 Å². The molecule has 1 N–H and O–H groups in total. The summed E-state index contributed by atoms with van der Waals surface area (Å²) in [5.41, 5.74) is 3.04. The average Bonchev–Trinajstić information content (AvgIpc) is 3.09. The maximum atomic E-state index is 12.3. The van der Waals surface area contributed by atoms with Gasteiger partial charge in [0.1, 0.15) is 0 Å². The second kappa shape index (κ2) is 6.89. The molecule has 2 aromatic rings. The van der Waals surface area contributed by atoms with Gasteiger partial charge in [-0.2, -0.15) is 11.3 Å². The predicted octanol–water partition coefficient (Wildman–Crippen LogP) is 3.56. The lowest BCUT2D eigenvalue weighted by Crippen LogP contribution is -2.35. The highest BCUT2D eigenvalue weighted by molar-refractivity contribution is 7.90. The first-order valence-corrected chi connectivity index (χ1v) is 10.1. The minimum absolute atomic E-state index is 0.228. The SMILES string of the molecule is O=S(=O)(NCc1cncc(-c2ccsc2)c1)C1CCCCC1. The van der Waals surface area contributed by atoms with E-state index in [9.17, 15) is 8.42 Å². The quantitative estimate of drug-likeness (QED) is 0.908. The lowest BCUT2D eigenvalue weighted by molar-refractivity contribution is 0.477. The van der Waals surface area contributed by atoms with Crippen LogP contribution in [0.2, 0.25) is 0 Å². The van der Waals surface area contributed by atoms with Gasteiger partial charge in [0.2, 0.25) is 10.0 Å². The second-order valence-corrected chi connectivity index (χ2v) is 8.55. The number of pyridine rings is 1. The van der Waals surface area contributed by atoms with Gasteiger partial charge in [0.05, 0.1) is 5.25 Å². The van der Waals surface area contributed by atoms with Crippen molar-refractivity contribution in [2.45, 2.75) is 43.9 Å². The molecule has 0 aliphatic heterocycles. The molecule has 0 saturated heterocycles. The molecule has 2 aromatic heterocycles. The Hall–Kier alpha value is -1.24. The van der Waals surface area contributed by atoms with E-state index in [1.54, 1.807) is 23.7 Å². The van der Waals surface area contributed by atoms with Crippen LogP contribution in [0.3, 0.4) is 0 Å². The van der Waals surface area contributed by atoms with E-state index in [0.29, 0.717) is 6.54 Å². The second-order valence-electron chi connectivity index (χ2n) is 5.72. The van der Waals surface area contributed by atoms with Gasteiger partial charge >= 0.3 is 0 Å². The number of nitrogens with zero attached hydrogens (tertiary/aromatic N) is 1. The molecule has 3 rings (SSSR count). The molecule has 1 saturated carbocycles. The highest BCUT2D eigenvalue weighted by atomic mass is 32.2. The number of rotatable bonds is 5. The topological polar surface area (TPSA) is 59.1 Å². The molecule has 0 amide bonds. The predicted molar refractivity (Wildman–Crippen MR) is 90.2 cm³/mol. The number of sulfonamides is 1. The van der Waals surface area contributed by atoms with Crippen molar-refractivity contribution in [3.05, 3.63) is 40.8 Å². The number of nitrogens with one attached hydrogen (secondary N) is 1. The van der Waals surface area contributed by atoms with E-state index in [2.05, 4.69) is 15.1 Å². The van der Waals surface area contributed by atoms with Gasteiger partial charge < -0.3 is 0 Å². The molecule has 0 unspecified atom stereocenters. The molecule has 1 fully saturated rings. The van der Waals surface area contributed by atoms with Gasteiger partial charge in [-0.15, -0.1) is 0 Å². The summed E-state index contributed by atoms with van der Waals surface area (Å²) in [6.45, 7) is 0.309. The molecule has 1 aliphatic rings. The summed E-state index contributed by atoms with van der Waals surface area (Å²) in [7, 11) is -3.22. The maximum Gasteiger partial charge on any atom is 0.214 e. The zero-order chi connectivity index (χ0) is 15.4. The summed E-state index contributed by atoms with van der Waals surface area (Å²) in [5, 5.41) is 3.86. The lowest BCUT2D eigenvalue weighted by Gasteiger charge is -2.22. The number of hydrogen-bond acceptors (Lipinski definition) is 4. The van der Waals surface area contributed by atoms with Gasteiger partial charge in [-0.05, 0) is 46.9 Å². The van der Waals surface area contributed by atoms with Crippen molar-refractivity contribution < 1.29 is 8.42 Å². The van der Waals surface area contributed by atoms with E-state index in [1.807, 2.05) is 17.5 Å². The number of aromatic nitrogens is 1. The van der Waals surface area contributed by atoms with Gasteiger partial charge in [-0.1, -0.05) is 19.3 Å². The minimum atomic E-state index is -3.22. The third-order valence-corrected chi connectivity index (χ3v) is 6.70. The number of thiophene rings is 1. The van der Waals surface area contributed by atoms with Crippen molar-refractivity contribution in [2.75, 3.05) is 0 Å². The van der Waals surface area contributed by atoms with E-state index in [0.717, 1.165) is 48.8 Å². The van der Waals surface area contributed by atoms with Crippen molar-refractivity contribution in [1.29, 1.82) is 0 Å². The molecule has 118 valence electrons. The van der Waals surface area contributed by atoms with E-state index >= 15 is 0 Å². The third kappa shape index (κ3) is 3.74. The first-order valence-electron chi connectivity index (χ1n) is 7.60. The third-order valence-electron chi connectivity index (χ3n) is 4.12. The van der Waals surface area contributed by atoms with Crippen molar-refractivity contribution in [3.8, 4) is 11.1 Å². The smallest absolute Gasteiger partial charge is 0.214 e. The Bertz CT molecular complexity index is 706. The summed E-state index contributed by atoms with van der Waals surface area (Å²) < 4.78 is 27.4. The fraction of sp³-hybridized carbons (Fsp3) is 0.438. The van der Waals surface area contributed by atoms with Crippen LogP contribution in [0.25, 0.3) is 11.1 Å². The molecule has 22 heavy (non-hydrogen) atoms. The van der Waals surface area contributed by atoms with Gasteiger partial charge in [-0.3, -0.25) is 4.98 Å². The first kappa shape index (κ1) is 15.6. The summed E-state index contributed by atoms with van der Waals surface area (Å²) in [4.78, 5) is 4.22. The van der Waals surface area contributed by atoms with Crippen LogP contribution in [0.4, 0.5) is 0 Å². The monoisotopic (exact) mass is 336 g/mol. The van der Waals surface area contributed by atoms with Crippen LogP contribution in [-0.4, -0.2) is 18.7 Å². The molecule has 0 aromatic carbocycles. The first-order chi connectivity index (χ1) is 10.6. The average molecular weight is 336 g/mol. The van der Waals surface area contributed by atoms with Crippen molar-refractivity contribution in [2.24, 2.45) is 0 Å². The van der Waals surface area contributed by atoms with Gasteiger partial charge in [-0.25, -0.2) is 13.1 Å². The summed E-state index contributed by atoms with van der Waals surface area (Å²) >= 11 is 1.64. The van der Waals surface area contributed by atoms with E-state index in [4.69, 9.17) is 0 Å². The molecule has 0 radical (unpaired) electrons. The highest BCUT2D eigenvalue weighted by Gasteiger charge is 2.26. The standard InChI is InChI=1S/C16H20N2O2S2/c19-22(20,16-4-2-1-3-5-16)18-10-13-8-15(11-17-9-13)14-6-7-21-12-14/h6-9,11-12,16,18H,1-5,10H2. The van der Waals surface area contributed by atoms with Crippen molar-refractivity contribution in [3.63, 3.8) is 0 Å². The van der Waals surface area contributed by atoms with Gasteiger partial charge in [0, 0.05) is 24.5 Å². The van der Waals surface area contributed by atoms with Crippen LogP contribution in [0.5, 0.6) is 0 Å². The van der Waals surface area contributed by atoms with Crippen LogP contribution in [0, 0.1) is 0 Å². The molecular weight excluding hydrogens is 316 g/mol. The Kier molecular flexibility index (Phi) is 4.90. The van der Waals surface area contributed by atoms with Crippen LogP contribution >= 0.6 is 11.3 Å². The van der Waals surface area contributed by atoms with Crippen molar-refractivity contribution in [1.82, 2.24) is 9.71 Å². The van der Waals surface area contributed by atoms with Crippen LogP contribution in [0.15, 0.2) is 35.3 Å². The minimum Gasteiger partial charge on any atom is -0.264 e. The zero-order valence-electron chi connectivity index (χ0n) is 12.4. The maximum absolute atomic E-state index is 12.3. The zero-order valence-corrected chi connectivity index (χ0v) is 14.0. The van der Waals surface area contributed by atoms with E-state index in [1.165, 1.54) is 0 Å². The van der Waals surface area contributed by atoms with E-state index in [-0.39, 0.29) is 5.25 Å². The number of hydrogen-bond donors (Lipinski definition) is 1. The van der Waals surface area contributed by atoms with E-state index < -0.39 is 10.0 Å².